The van der Waals surface area contributed by atoms with Gasteiger partial charge in [-0.1, -0.05) is 0 Å². The summed E-state index contributed by atoms with van der Waals surface area (Å²) in [6.45, 7) is 5.24. The summed E-state index contributed by atoms with van der Waals surface area (Å²) in [5.41, 5.74) is -0.889. The fourth-order valence-electron chi connectivity index (χ4n) is 3.07. The van der Waals surface area contributed by atoms with Crippen molar-refractivity contribution in [3.8, 4) is 0 Å². The number of nitrogens with zero attached hydrogens (tertiary/aromatic N) is 3. The van der Waals surface area contributed by atoms with Gasteiger partial charge in [-0.05, 0) is 26.7 Å². The monoisotopic (exact) mass is 297 g/mol. The van der Waals surface area contributed by atoms with Crippen molar-refractivity contribution in [1.29, 1.82) is 0 Å². The minimum Gasteiger partial charge on any atom is -0.481 e. The molecular weight excluding hydrogens is 274 g/mol. The lowest BCUT2D eigenvalue weighted by atomic mass is 9.96. The summed E-state index contributed by atoms with van der Waals surface area (Å²) in [5, 5.41) is 9.12. The van der Waals surface area contributed by atoms with Crippen molar-refractivity contribution in [3.05, 3.63) is 0 Å². The van der Waals surface area contributed by atoms with E-state index in [1.165, 1.54) is 0 Å². The first-order valence-corrected chi connectivity index (χ1v) is 7.30. The third-order valence-corrected chi connectivity index (χ3v) is 4.48. The van der Waals surface area contributed by atoms with Gasteiger partial charge in [0.15, 0.2) is 0 Å². The number of hydrogen-bond donors (Lipinski definition) is 1. The highest BCUT2D eigenvalue weighted by molar-refractivity contribution is 5.91. The van der Waals surface area contributed by atoms with Crippen LogP contribution >= 0.6 is 0 Å². The third kappa shape index (κ3) is 2.82. The molecule has 0 radical (unpaired) electrons. The number of carbonyl (C=O) groups is 3. The largest absolute Gasteiger partial charge is 0.481 e. The number of rotatable bonds is 1. The number of hydrogen-bond acceptors (Lipinski definition) is 3. The second kappa shape index (κ2) is 5.54. The summed E-state index contributed by atoms with van der Waals surface area (Å²) >= 11 is 0. The molecule has 2 fully saturated rings. The summed E-state index contributed by atoms with van der Waals surface area (Å²) in [6, 6.07) is -0.229. The van der Waals surface area contributed by atoms with E-state index >= 15 is 0 Å². The Morgan fingerprint density at radius 3 is 2.52 bits per heavy atom. The van der Waals surface area contributed by atoms with E-state index in [0.717, 1.165) is 0 Å². The SMILES string of the molecule is CN1CCN(C(=O)N2CCCC(C(=O)O)C2)C(C)(C)C1=O. The Balaban J connectivity index is 2.12. The number of urea groups is 1. The van der Waals surface area contributed by atoms with Crippen molar-refractivity contribution in [3.63, 3.8) is 0 Å². The normalized spacial score (nSPS) is 26.0. The molecule has 118 valence electrons. The minimum atomic E-state index is -0.889. The highest BCUT2D eigenvalue weighted by Gasteiger charge is 2.45. The zero-order valence-electron chi connectivity index (χ0n) is 12.8. The molecular formula is C14H23N3O4. The third-order valence-electron chi connectivity index (χ3n) is 4.48. The van der Waals surface area contributed by atoms with Crippen LogP contribution in [0.5, 0.6) is 0 Å². The standard InChI is InChI=1S/C14H23N3O4/c1-14(2)12(20)15(3)7-8-17(14)13(21)16-6-4-5-10(9-16)11(18)19/h10H,4-9H2,1-3H3,(H,18,19). The number of carboxylic acids is 1. The number of piperidine rings is 1. The Hall–Kier alpha value is -1.79. The van der Waals surface area contributed by atoms with E-state index in [1.54, 1.807) is 35.6 Å². The van der Waals surface area contributed by atoms with Crippen LogP contribution in [0.2, 0.25) is 0 Å². The highest BCUT2D eigenvalue weighted by Crippen LogP contribution is 2.25. The van der Waals surface area contributed by atoms with Gasteiger partial charge in [-0.25, -0.2) is 4.79 Å². The summed E-state index contributed by atoms with van der Waals surface area (Å²) < 4.78 is 0. The molecule has 21 heavy (non-hydrogen) atoms. The van der Waals surface area contributed by atoms with E-state index in [9.17, 15) is 14.4 Å². The number of likely N-dealkylation sites (N-methyl/N-ethyl adjacent to an activating group) is 1. The Morgan fingerprint density at radius 1 is 1.24 bits per heavy atom. The second-order valence-electron chi connectivity index (χ2n) is 6.34. The van der Waals surface area contributed by atoms with Crippen molar-refractivity contribution in [2.45, 2.75) is 32.2 Å². The molecule has 2 aliphatic rings. The predicted molar refractivity (Wildman–Crippen MR) is 75.8 cm³/mol. The molecule has 1 atom stereocenters. The van der Waals surface area contributed by atoms with Crippen LogP contribution in [0.15, 0.2) is 0 Å². The molecule has 1 N–H and O–H groups in total. The van der Waals surface area contributed by atoms with Gasteiger partial charge in [0.25, 0.3) is 0 Å². The number of piperazine rings is 1. The van der Waals surface area contributed by atoms with Crippen LogP contribution in [0.1, 0.15) is 26.7 Å². The first-order chi connectivity index (χ1) is 9.75. The number of amides is 3. The van der Waals surface area contributed by atoms with Gasteiger partial charge < -0.3 is 19.8 Å². The molecule has 0 aliphatic carbocycles. The van der Waals surface area contributed by atoms with Gasteiger partial charge in [0.05, 0.1) is 5.92 Å². The number of carbonyl (C=O) groups excluding carboxylic acids is 2. The Kier molecular flexibility index (Phi) is 4.11. The maximum atomic E-state index is 12.7. The van der Waals surface area contributed by atoms with Gasteiger partial charge in [-0.15, -0.1) is 0 Å². The minimum absolute atomic E-state index is 0.0890. The maximum absolute atomic E-state index is 12.7. The summed E-state index contributed by atoms with van der Waals surface area (Å²) in [5.74, 6) is -1.45. The quantitative estimate of drug-likeness (QED) is 0.762. The number of likely N-dealkylation sites (tertiary alicyclic amines) is 1. The zero-order valence-corrected chi connectivity index (χ0v) is 12.8. The van der Waals surface area contributed by atoms with Crippen molar-refractivity contribution < 1.29 is 19.5 Å². The highest BCUT2D eigenvalue weighted by atomic mass is 16.4. The van der Waals surface area contributed by atoms with Crippen molar-refractivity contribution in [2.24, 2.45) is 5.92 Å². The van der Waals surface area contributed by atoms with Crippen molar-refractivity contribution >= 4 is 17.9 Å². The van der Waals surface area contributed by atoms with Gasteiger partial charge in [0, 0.05) is 33.2 Å². The molecule has 0 spiro atoms. The van der Waals surface area contributed by atoms with Gasteiger partial charge in [0.1, 0.15) is 5.54 Å². The molecule has 0 aromatic carbocycles. The van der Waals surface area contributed by atoms with E-state index < -0.39 is 17.4 Å². The van der Waals surface area contributed by atoms with Gasteiger partial charge in [0.2, 0.25) is 5.91 Å². The van der Waals surface area contributed by atoms with Crippen molar-refractivity contribution in [2.75, 3.05) is 33.2 Å². The summed E-state index contributed by atoms with van der Waals surface area (Å²) in [6.07, 6.45) is 1.29. The molecule has 0 aromatic heterocycles. The van der Waals surface area contributed by atoms with Crippen LogP contribution in [0.4, 0.5) is 4.79 Å². The summed E-state index contributed by atoms with van der Waals surface area (Å²) in [7, 11) is 1.73. The van der Waals surface area contributed by atoms with Crippen LogP contribution in [0, 0.1) is 5.92 Å². The second-order valence-corrected chi connectivity index (χ2v) is 6.34. The lowest BCUT2D eigenvalue weighted by Gasteiger charge is -2.47. The molecule has 0 aromatic rings. The zero-order chi connectivity index (χ0) is 15.8. The molecule has 2 saturated heterocycles. The van der Waals surface area contributed by atoms with Crippen LogP contribution in [0.3, 0.4) is 0 Å². The average molecular weight is 297 g/mol. The predicted octanol–water partition coefficient (Wildman–Crippen LogP) is 0.456. The lowest BCUT2D eigenvalue weighted by Crippen LogP contribution is -2.66. The average Bonchev–Trinajstić information content (AvgIpc) is 2.44. The van der Waals surface area contributed by atoms with Gasteiger partial charge in [-0.2, -0.15) is 0 Å². The molecule has 0 saturated carbocycles. The molecule has 2 heterocycles. The fraction of sp³-hybridized carbons (Fsp3) is 0.786. The smallest absolute Gasteiger partial charge is 0.320 e. The Labute approximate surface area is 124 Å². The lowest BCUT2D eigenvalue weighted by molar-refractivity contribution is -0.146. The fourth-order valence-corrected chi connectivity index (χ4v) is 3.07. The number of carboxylic acid groups (broad SMARTS) is 1. The molecule has 2 aliphatic heterocycles. The van der Waals surface area contributed by atoms with E-state index in [0.29, 0.717) is 32.5 Å². The van der Waals surface area contributed by atoms with Crippen LogP contribution in [0.25, 0.3) is 0 Å². The van der Waals surface area contributed by atoms with Crippen molar-refractivity contribution in [1.82, 2.24) is 14.7 Å². The van der Waals surface area contributed by atoms with E-state index in [2.05, 4.69) is 0 Å². The molecule has 1 unspecified atom stereocenters. The van der Waals surface area contributed by atoms with E-state index in [1.807, 2.05) is 0 Å². The van der Waals surface area contributed by atoms with Gasteiger partial charge in [-0.3, -0.25) is 9.59 Å². The molecule has 2 rings (SSSR count). The first-order valence-electron chi connectivity index (χ1n) is 7.30. The first kappa shape index (κ1) is 15.6. The van der Waals surface area contributed by atoms with E-state index in [-0.39, 0.29) is 18.5 Å². The van der Waals surface area contributed by atoms with Crippen LogP contribution < -0.4 is 0 Å². The molecule has 0 bridgehead atoms. The topological polar surface area (TPSA) is 81.2 Å². The molecule has 7 nitrogen and oxygen atoms in total. The van der Waals surface area contributed by atoms with Gasteiger partial charge >= 0.3 is 12.0 Å². The Bertz CT molecular complexity index is 463. The molecule has 3 amide bonds. The summed E-state index contributed by atoms with van der Waals surface area (Å²) in [4.78, 5) is 40.8. The Morgan fingerprint density at radius 2 is 1.90 bits per heavy atom. The number of aliphatic carboxylic acids is 1. The van der Waals surface area contributed by atoms with Crippen LogP contribution in [-0.2, 0) is 9.59 Å². The van der Waals surface area contributed by atoms with E-state index in [4.69, 9.17) is 5.11 Å². The van der Waals surface area contributed by atoms with Crippen LogP contribution in [-0.4, -0.2) is 76.5 Å². The maximum Gasteiger partial charge on any atom is 0.320 e. The molecule has 7 heteroatoms.